The lowest BCUT2D eigenvalue weighted by atomic mass is 10.2. The van der Waals surface area contributed by atoms with Gasteiger partial charge in [0.2, 0.25) is 0 Å². The quantitative estimate of drug-likeness (QED) is 0.815. The summed E-state index contributed by atoms with van der Waals surface area (Å²) >= 11 is 0. The Morgan fingerprint density at radius 1 is 1.04 bits per heavy atom. The van der Waals surface area contributed by atoms with Gasteiger partial charge in [-0.25, -0.2) is 0 Å². The fourth-order valence-electron chi connectivity index (χ4n) is 2.88. The maximum Gasteiger partial charge on any atom is 0.271 e. The summed E-state index contributed by atoms with van der Waals surface area (Å²) < 4.78 is 0. The molecular formula is C20H28N6O. The highest BCUT2D eigenvalue weighted by atomic mass is 16.1. The number of nitrogens with one attached hydrogen (secondary N) is 2. The number of benzene rings is 1. The van der Waals surface area contributed by atoms with Crippen molar-refractivity contribution in [3.05, 3.63) is 42.1 Å². The third kappa shape index (κ3) is 5.40. The van der Waals surface area contributed by atoms with E-state index >= 15 is 0 Å². The van der Waals surface area contributed by atoms with E-state index in [1.165, 1.54) is 5.69 Å². The number of carbonyl (C=O) groups excluding carboxylic acids is 1. The molecule has 7 heteroatoms. The van der Waals surface area contributed by atoms with Crippen LogP contribution in [0.1, 0.15) is 24.3 Å². The monoisotopic (exact) mass is 368 g/mol. The van der Waals surface area contributed by atoms with E-state index in [1.807, 2.05) is 26.0 Å². The number of rotatable bonds is 6. The van der Waals surface area contributed by atoms with Crippen LogP contribution in [0.25, 0.3) is 0 Å². The molecule has 0 spiro atoms. The Morgan fingerprint density at radius 2 is 1.74 bits per heavy atom. The molecule has 0 aliphatic carbocycles. The standard InChI is InChI=1S/C20H28N6O/c1-15(2)14-21-20(27)18-8-9-19(24-23-18)22-16-4-6-17(7-5-16)26-12-10-25(3)11-13-26/h4-9,15H,10-14H2,1-3H3,(H,21,27)(H,22,24). The number of anilines is 3. The van der Waals surface area contributed by atoms with Gasteiger partial charge in [-0.15, -0.1) is 10.2 Å². The molecule has 2 aromatic rings. The third-order valence-corrected chi connectivity index (χ3v) is 4.58. The van der Waals surface area contributed by atoms with Crippen molar-refractivity contribution in [2.75, 3.05) is 50.0 Å². The van der Waals surface area contributed by atoms with Crippen molar-refractivity contribution < 1.29 is 4.79 Å². The molecule has 1 saturated heterocycles. The maximum atomic E-state index is 12.0. The van der Waals surface area contributed by atoms with Crippen LogP contribution < -0.4 is 15.5 Å². The summed E-state index contributed by atoms with van der Waals surface area (Å²) in [6.45, 7) is 9.01. The highest BCUT2D eigenvalue weighted by Crippen LogP contribution is 2.21. The molecule has 0 radical (unpaired) electrons. The summed E-state index contributed by atoms with van der Waals surface area (Å²) in [4.78, 5) is 16.7. The first-order valence-corrected chi connectivity index (χ1v) is 9.44. The second-order valence-electron chi connectivity index (χ2n) is 7.37. The predicted molar refractivity (Wildman–Crippen MR) is 109 cm³/mol. The summed E-state index contributed by atoms with van der Waals surface area (Å²) in [6.07, 6.45) is 0. The van der Waals surface area contributed by atoms with Crippen LogP contribution in [0.4, 0.5) is 17.2 Å². The topological polar surface area (TPSA) is 73.4 Å². The second kappa shape index (κ2) is 8.81. The van der Waals surface area contributed by atoms with Crippen molar-refractivity contribution in [1.29, 1.82) is 0 Å². The normalized spacial score (nSPS) is 15.0. The van der Waals surface area contributed by atoms with Crippen molar-refractivity contribution >= 4 is 23.1 Å². The number of hydrogen-bond acceptors (Lipinski definition) is 6. The van der Waals surface area contributed by atoms with E-state index in [4.69, 9.17) is 0 Å². The van der Waals surface area contributed by atoms with Crippen LogP contribution in [-0.2, 0) is 0 Å². The molecule has 1 aliphatic heterocycles. The number of likely N-dealkylation sites (N-methyl/N-ethyl adjacent to an activating group) is 1. The summed E-state index contributed by atoms with van der Waals surface area (Å²) in [5.41, 5.74) is 2.50. The smallest absolute Gasteiger partial charge is 0.271 e. The molecule has 1 fully saturated rings. The second-order valence-corrected chi connectivity index (χ2v) is 7.37. The average molecular weight is 368 g/mol. The summed E-state index contributed by atoms with van der Waals surface area (Å²) in [5.74, 6) is 0.818. The van der Waals surface area contributed by atoms with Gasteiger partial charge in [-0.1, -0.05) is 13.8 Å². The van der Waals surface area contributed by atoms with Gasteiger partial charge in [0.15, 0.2) is 11.5 Å². The van der Waals surface area contributed by atoms with Crippen molar-refractivity contribution in [3.8, 4) is 0 Å². The van der Waals surface area contributed by atoms with Crippen LogP contribution in [0.3, 0.4) is 0 Å². The summed E-state index contributed by atoms with van der Waals surface area (Å²) in [6, 6.07) is 11.8. The molecule has 0 saturated carbocycles. The van der Waals surface area contributed by atoms with Gasteiger partial charge in [0.1, 0.15) is 0 Å². The molecule has 27 heavy (non-hydrogen) atoms. The van der Waals surface area contributed by atoms with Crippen LogP contribution >= 0.6 is 0 Å². The Kier molecular flexibility index (Phi) is 6.24. The average Bonchev–Trinajstić information content (AvgIpc) is 2.68. The number of hydrogen-bond donors (Lipinski definition) is 2. The first-order valence-electron chi connectivity index (χ1n) is 9.44. The van der Waals surface area contributed by atoms with Gasteiger partial charge in [-0.3, -0.25) is 4.79 Å². The molecule has 1 amide bonds. The van der Waals surface area contributed by atoms with Crippen molar-refractivity contribution in [2.45, 2.75) is 13.8 Å². The molecule has 2 heterocycles. The minimum atomic E-state index is -0.195. The van der Waals surface area contributed by atoms with Crippen LogP contribution in [0.2, 0.25) is 0 Å². The predicted octanol–water partition coefficient (Wildman–Crippen LogP) is 2.36. The van der Waals surface area contributed by atoms with Crippen LogP contribution in [0.5, 0.6) is 0 Å². The lowest BCUT2D eigenvalue weighted by Gasteiger charge is -2.34. The van der Waals surface area contributed by atoms with Gasteiger partial charge in [-0.05, 0) is 49.4 Å². The zero-order valence-electron chi connectivity index (χ0n) is 16.3. The number of carbonyl (C=O) groups is 1. The van der Waals surface area contributed by atoms with E-state index in [-0.39, 0.29) is 5.91 Å². The molecule has 0 atom stereocenters. The molecular weight excluding hydrogens is 340 g/mol. The molecule has 1 aromatic heterocycles. The van der Waals surface area contributed by atoms with Crippen LogP contribution in [0, 0.1) is 5.92 Å². The highest BCUT2D eigenvalue weighted by Gasteiger charge is 2.14. The molecule has 7 nitrogen and oxygen atoms in total. The largest absolute Gasteiger partial charge is 0.369 e. The Bertz CT molecular complexity index is 736. The van der Waals surface area contributed by atoms with E-state index in [9.17, 15) is 4.79 Å². The Balaban J connectivity index is 1.56. The highest BCUT2D eigenvalue weighted by molar-refractivity contribution is 5.92. The van der Waals surface area contributed by atoms with Gasteiger partial charge in [0, 0.05) is 44.1 Å². The fraction of sp³-hybridized carbons (Fsp3) is 0.450. The van der Waals surface area contributed by atoms with Gasteiger partial charge in [-0.2, -0.15) is 0 Å². The zero-order chi connectivity index (χ0) is 19.2. The first kappa shape index (κ1) is 19.1. The SMILES string of the molecule is CC(C)CNC(=O)c1ccc(Nc2ccc(N3CCN(C)CC3)cc2)nn1. The van der Waals surface area contributed by atoms with E-state index in [0.717, 1.165) is 31.9 Å². The van der Waals surface area contributed by atoms with Crippen molar-refractivity contribution in [1.82, 2.24) is 20.4 Å². The Morgan fingerprint density at radius 3 is 2.33 bits per heavy atom. The Hall–Kier alpha value is -2.67. The molecule has 144 valence electrons. The molecule has 2 N–H and O–H groups in total. The van der Waals surface area contributed by atoms with E-state index in [2.05, 4.69) is 49.8 Å². The van der Waals surface area contributed by atoms with Gasteiger partial charge < -0.3 is 20.4 Å². The third-order valence-electron chi connectivity index (χ3n) is 4.58. The van der Waals surface area contributed by atoms with E-state index < -0.39 is 0 Å². The number of aromatic nitrogens is 2. The molecule has 1 aliphatic rings. The van der Waals surface area contributed by atoms with Crippen molar-refractivity contribution in [2.24, 2.45) is 5.92 Å². The zero-order valence-corrected chi connectivity index (χ0v) is 16.3. The molecule has 3 rings (SSSR count). The molecule has 0 unspecified atom stereocenters. The number of piperazine rings is 1. The van der Waals surface area contributed by atoms with Crippen molar-refractivity contribution in [3.63, 3.8) is 0 Å². The summed E-state index contributed by atoms with van der Waals surface area (Å²) in [5, 5.41) is 14.2. The minimum Gasteiger partial charge on any atom is -0.369 e. The maximum absolute atomic E-state index is 12.0. The fourth-order valence-corrected chi connectivity index (χ4v) is 2.88. The summed E-state index contributed by atoms with van der Waals surface area (Å²) in [7, 11) is 2.16. The van der Waals surface area contributed by atoms with Crippen LogP contribution in [-0.4, -0.2) is 60.8 Å². The lowest BCUT2D eigenvalue weighted by Crippen LogP contribution is -2.44. The Labute approximate surface area is 160 Å². The van der Waals surface area contributed by atoms with Gasteiger partial charge in [0.25, 0.3) is 5.91 Å². The lowest BCUT2D eigenvalue weighted by molar-refractivity contribution is 0.0943. The van der Waals surface area contributed by atoms with E-state index in [1.54, 1.807) is 12.1 Å². The van der Waals surface area contributed by atoms with Gasteiger partial charge >= 0.3 is 0 Å². The van der Waals surface area contributed by atoms with Gasteiger partial charge in [0.05, 0.1) is 0 Å². The molecule has 0 bridgehead atoms. The van der Waals surface area contributed by atoms with E-state index in [0.29, 0.717) is 24.0 Å². The first-order chi connectivity index (χ1) is 13.0. The molecule has 1 aromatic carbocycles. The minimum absolute atomic E-state index is 0.195. The number of nitrogens with zero attached hydrogens (tertiary/aromatic N) is 4. The van der Waals surface area contributed by atoms with Crippen LogP contribution in [0.15, 0.2) is 36.4 Å². The number of amides is 1.